The summed E-state index contributed by atoms with van der Waals surface area (Å²) in [6.07, 6.45) is 1.44. The first-order chi connectivity index (χ1) is 7.67. The van der Waals surface area contributed by atoms with E-state index in [0.717, 1.165) is 0 Å². The highest BCUT2D eigenvalue weighted by Gasteiger charge is 2.12. The first kappa shape index (κ1) is 12.4. The molecule has 7 heteroatoms. The maximum absolute atomic E-state index is 11.8. The van der Waals surface area contributed by atoms with Crippen LogP contribution in [0, 0.1) is 0 Å². The lowest BCUT2D eigenvalue weighted by molar-refractivity contribution is -0.132. The Labute approximate surface area is 94.2 Å². The summed E-state index contributed by atoms with van der Waals surface area (Å²) in [5.74, 6) is 0.150. The molecule has 1 rings (SSSR count). The van der Waals surface area contributed by atoms with Gasteiger partial charge in [0.2, 0.25) is 11.9 Å². The van der Waals surface area contributed by atoms with Crippen LogP contribution in [0.3, 0.4) is 0 Å². The predicted molar refractivity (Wildman–Crippen MR) is 58.6 cm³/mol. The van der Waals surface area contributed by atoms with Crippen LogP contribution >= 0.6 is 0 Å². The molecule has 0 fully saturated rings. The number of amides is 1. The molecule has 0 aliphatic heterocycles. The molecule has 1 heterocycles. The fourth-order valence-corrected chi connectivity index (χ4v) is 1.28. The van der Waals surface area contributed by atoms with Gasteiger partial charge in [-0.1, -0.05) is 0 Å². The number of nitrogen functional groups attached to an aromatic ring is 1. The second-order valence-corrected chi connectivity index (χ2v) is 3.27. The first-order valence-corrected chi connectivity index (χ1v) is 5.09. The van der Waals surface area contributed by atoms with Gasteiger partial charge in [-0.05, 0) is 6.92 Å². The minimum absolute atomic E-state index is 0.0237. The van der Waals surface area contributed by atoms with Gasteiger partial charge in [0.05, 0.1) is 6.61 Å². The van der Waals surface area contributed by atoms with Crippen molar-refractivity contribution in [2.24, 2.45) is 0 Å². The number of hydrogen-bond donors (Lipinski definition) is 1. The number of methoxy groups -OCH3 is 1. The van der Waals surface area contributed by atoms with E-state index >= 15 is 0 Å². The Morgan fingerprint density at radius 2 is 2.44 bits per heavy atom. The highest BCUT2D eigenvalue weighted by molar-refractivity contribution is 5.75. The van der Waals surface area contributed by atoms with Gasteiger partial charge >= 0.3 is 0 Å². The molecule has 0 bridgehead atoms. The molecule has 0 radical (unpaired) electrons. The van der Waals surface area contributed by atoms with Crippen LogP contribution in [-0.2, 0) is 16.1 Å². The number of ether oxygens (including phenoxy) is 1. The molecule has 0 unspecified atom stereocenters. The molecule has 16 heavy (non-hydrogen) atoms. The van der Waals surface area contributed by atoms with Crippen LogP contribution in [-0.4, -0.2) is 52.4 Å². The second kappa shape index (κ2) is 6.06. The molecule has 1 amide bonds. The largest absolute Gasteiger partial charge is 0.383 e. The zero-order chi connectivity index (χ0) is 12.0. The lowest BCUT2D eigenvalue weighted by atomic mass is 10.4. The Hall–Kier alpha value is -1.63. The fourth-order valence-electron chi connectivity index (χ4n) is 1.28. The third kappa shape index (κ3) is 3.50. The molecule has 7 nitrogen and oxygen atoms in total. The molecule has 0 saturated heterocycles. The lowest BCUT2D eigenvalue weighted by Crippen LogP contribution is -2.36. The number of carbonyl (C=O) groups excluding carboxylic acids is 1. The van der Waals surface area contributed by atoms with Crippen molar-refractivity contribution in [2.45, 2.75) is 13.5 Å². The standard InChI is InChI=1S/C9H17N5O2/c1-3-13(4-5-16-2)8(15)6-14-7-11-9(10)12-14/h7H,3-6H2,1-2H3,(H2,10,12). The number of carbonyl (C=O) groups is 1. The number of rotatable bonds is 6. The van der Waals surface area contributed by atoms with Crippen LogP contribution in [0.1, 0.15) is 6.92 Å². The molecule has 0 aromatic carbocycles. The second-order valence-electron chi connectivity index (χ2n) is 3.27. The van der Waals surface area contributed by atoms with Crippen LogP contribution < -0.4 is 5.73 Å². The van der Waals surface area contributed by atoms with E-state index in [1.54, 1.807) is 12.0 Å². The summed E-state index contributed by atoms with van der Waals surface area (Å²) in [7, 11) is 1.61. The monoisotopic (exact) mass is 227 g/mol. The SMILES string of the molecule is CCN(CCOC)C(=O)Cn1cnc(N)n1. The zero-order valence-corrected chi connectivity index (χ0v) is 9.59. The van der Waals surface area contributed by atoms with Gasteiger partial charge in [0, 0.05) is 20.2 Å². The Balaban J connectivity index is 2.49. The van der Waals surface area contributed by atoms with E-state index in [4.69, 9.17) is 10.5 Å². The molecule has 0 aliphatic rings. The van der Waals surface area contributed by atoms with Gasteiger partial charge in [-0.25, -0.2) is 9.67 Å². The molecule has 2 N–H and O–H groups in total. The summed E-state index contributed by atoms with van der Waals surface area (Å²) >= 11 is 0. The number of nitrogens with zero attached hydrogens (tertiary/aromatic N) is 4. The van der Waals surface area contributed by atoms with Gasteiger partial charge in [-0.2, -0.15) is 0 Å². The molecule has 0 atom stereocenters. The topological polar surface area (TPSA) is 86.3 Å². The number of hydrogen-bond acceptors (Lipinski definition) is 5. The molecule has 1 aromatic heterocycles. The molecule has 90 valence electrons. The van der Waals surface area contributed by atoms with Crippen molar-refractivity contribution in [2.75, 3.05) is 32.5 Å². The van der Waals surface area contributed by atoms with Gasteiger partial charge < -0.3 is 15.4 Å². The van der Waals surface area contributed by atoms with Gasteiger partial charge in [0.1, 0.15) is 12.9 Å². The molecular weight excluding hydrogens is 210 g/mol. The highest BCUT2D eigenvalue weighted by Crippen LogP contribution is 1.95. The van der Waals surface area contributed by atoms with Crippen molar-refractivity contribution in [1.82, 2.24) is 19.7 Å². The van der Waals surface area contributed by atoms with Crippen molar-refractivity contribution in [1.29, 1.82) is 0 Å². The molecular formula is C9H17N5O2. The fraction of sp³-hybridized carbons (Fsp3) is 0.667. The summed E-state index contributed by atoms with van der Waals surface area (Å²) < 4.78 is 6.35. The minimum atomic E-state index is -0.0237. The van der Waals surface area contributed by atoms with Gasteiger partial charge in [0.25, 0.3) is 0 Å². The highest BCUT2D eigenvalue weighted by atomic mass is 16.5. The van der Waals surface area contributed by atoms with Gasteiger partial charge in [-0.3, -0.25) is 4.79 Å². The van der Waals surface area contributed by atoms with E-state index in [9.17, 15) is 4.79 Å². The zero-order valence-electron chi connectivity index (χ0n) is 9.59. The predicted octanol–water partition coefficient (Wildman–Crippen LogP) is -0.645. The van der Waals surface area contributed by atoms with Crippen molar-refractivity contribution >= 4 is 11.9 Å². The quantitative estimate of drug-likeness (QED) is 0.698. The Morgan fingerprint density at radius 3 is 2.94 bits per heavy atom. The summed E-state index contributed by atoms with van der Waals surface area (Å²) in [5, 5.41) is 3.85. The Bertz CT molecular complexity index is 338. The van der Waals surface area contributed by atoms with Crippen LogP contribution in [0.2, 0.25) is 0 Å². The summed E-state index contributed by atoms with van der Waals surface area (Å²) in [5.41, 5.74) is 5.36. The third-order valence-corrected chi connectivity index (χ3v) is 2.15. The number of anilines is 1. The van der Waals surface area contributed by atoms with Crippen LogP contribution in [0.4, 0.5) is 5.95 Å². The lowest BCUT2D eigenvalue weighted by Gasteiger charge is -2.20. The van der Waals surface area contributed by atoms with Gasteiger partial charge in [0.15, 0.2) is 0 Å². The van der Waals surface area contributed by atoms with Crippen molar-refractivity contribution in [3.63, 3.8) is 0 Å². The van der Waals surface area contributed by atoms with Crippen molar-refractivity contribution < 1.29 is 9.53 Å². The Kier molecular flexibility index (Phi) is 4.71. The number of aromatic nitrogens is 3. The molecule has 0 saturated carbocycles. The van der Waals surface area contributed by atoms with E-state index in [2.05, 4.69) is 10.1 Å². The third-order valence-electron chi connectivity index (χ3n) is 2.15. The van der Waals surface area contributed by atoms with E-state index in [1.807, 2.05) is 6.92 Å². The Morgan fingerprint density at radius 1 is 1.69 bits per heavy atom. The maximum atomic E-state index is 11.8. The minimum Gasteiger partial charge on any atom is -0.383 e. The normalized spacial score (nSPS) is 10.4. The number of likely N-dealkylation sites (N-methyl/N-ethyl adjacent to an activating group) is 1. The summed E-state index contributed by atoms with van der Waals surface area (Å²) in [4.78, 5) is 17.2. The first-order valence-electron chi connectivity index (χ1n) is 5.09. The van der Waals surface area contributed by atoms with E-state index in [-0.39, 0.29) is 18.4 Å². The van der Waals surface area contributed by atoms with E-state index in [1.165, 1.54) is 11.0 Å². The van der Waals surface area contributed by atoms with Crippen molar-refractivity contribution in [3.8, 4) is 0 Å². The summed E-state index contributed by atoms with van der Waals surface area (Å²) in [6, 6.07) is 0. The molecule has 0 spiro atoms. The van der Waals surface area contributed by atoms with E-state index < -0.39 is 0 Å². The molecule has 0 aliphatic carbocycles. The smallest absolute Gasteiger partial charge is 0.244 e. The van der Waals surface area contributed by atoms with Crippen LogP contribution in [0.25, 0.3) is 0 Å². The summed E-state index contributed by atoms with van der Waals surface area (Å²) in [6.45, 7) is 3.83. The maximum Gasteiger partial charge on any atom is 0.244 e. The molecule has 1 aromatic rings. The van der Waals surface area contributed by atoms with Crippen LogP contribution in [0.15, 0.2) is 6.33 Å². The van der Waals surface area contributed by atoms with Crippen LogP contribution in [0.5, 0.6) is 0 Å². The van der Waals surface area contributed by atoms with E-state index in [0.29, 0.717) is 19.7 Å². The van der Waals surface area contributed by atoms with Gasteiger partial charge in [-0.15, -0.1) is 5.10 Å². The van der Waals surface area contributed by atoms with Crippen molar-refractivity contribution in [3.05, 3.63) is 6.33 Å². The number of nitrogens with two attached hydrogens (primary N) is 1. The average Bonchev–Trinajstić information content (AvgIpc) is 2.65. The average molecular weight is 227 g/mol.